The normalized spacial score (nSPS) is 12.7. The third kappa shape index (κ3) is 1.95. The van der Waals surface area contributed by atoms with Gasteiger partial charge in [0.1, 0.15) is 5.82 Å². The summed E-state index contributed by atoms with van der Waals surface area (Å²) in [5.41, 5.74) is 3.94. The zero-order valence-corrected chi connectivity index (χ0v) is 8.89. The van der Waals surface area contributed by atoms with Crippen LogP contribution >= 0.6 is 0 Å². The molecule has 0 bridgehead atoms. The van der Waals surface area contributed by atoms with Crippen LogP contribution in [-0.2, 0) is 7.05 Å². The van der Waals surface area contributed by atoms with Crippen LogP contribution in [0.15, 0.2) is 36.7 Å². The largest absolute Gasteiger partial charge is 0.275 e. The second kappa shape index (κ2) is 4.42. The summed E-state index contributed by atoms with van der Waals surface area (Å²) in [5, 5.41) is 4.04. The monoisotopic (exact) mass is 220 g/mol. The first-order valence-electron chi connectivity index (χ1n) is 4.91. The Morgan fingerprint density at radius 1 is 1.44 bits per heavy atom. The molecule has 84 valence electrons. The van der Waals surface area contributed by atoms with Gasteiger partial charge in [-0.15, -0.1) is 0 Å². The number of hydrogen-bond acceptors (Lipinski definition) is 3. The SMILES string of the molecule is Cn1cc(C(NN)c2ccccc2F)cn1. The molecule has 16 heavy (non-hydrogen) atoms. The quantitative estimate of drug-likeness (QED) is 0.602. The lowest BCUT2D eigenvalue weighted by Crippen LogP contribution is -2.29. The van der Waals surface area contributed by atoms with Gasteiger partial charge in [-0.05, 0) is 6.07 Å². The Bertz CT molecular complexity index is 480. The van der Waals surface area contributed by atoms with E-state index in [-0.39, 0.29) is 11.9 Å². The van der Waals surface area contributed by atoms with Crippen molar-refractivity contribution in [1.29, 1.82) is 0 Å². The van der Waals surface area contributed by atoms with E-state index in [9.17, 15) is 4.39 Å². The van der Waals surface area contributed by atoms with Crippen molar-refractivity contribution in [1.82, 2.24) is 15.2 Å². The van der Waals surface area contributed by atoms with Crippen LogP contribution in [-0.4, -0.2) is 9.78 Å². The number of nitrogens with zero attached hydrogens (tertiary/aromatic N) is 2. The first-order chi connectivity index (χ1) is 7.72. The van der Waals surface area contributed by atoms with Crippen LogP contribution in [0.2, 0.25) is 0 Å². The van der Waals surface area contributed by atoms with Crippen molar-refractivity contribution in [3.8, 4) is 0 Å². The lowest BCUT2D eigenvalue weighted by molar-refractivity contribution is 0.560. The fraction of sp³-hybridized carbons (Fsp3) is 0.182. The van der Waals surface area contributed by atoms with Crippen LogP contribution in [0, 0.1) is 5.82 Å². The van der Waals surface area contributed by atoms with E-state index in [1.54, 1.807) is 42.3 Å². The molecule has 4 nitrogen and oxygen atoms in total. The number of nitrogens with two attached hydrogens (primary N) is 1. The molecule has 0 saturated heterocycles. The molecule has 0 fully saturated rings. The molecule has 1 heterocycles. The molecule has 1 atom stereocenters. The Morgan fingerprint density at radius 2 is 2.19 bits per heavy atom. The van der Waals surface area contributed by atoms with Crippen molar-refractivity contribution in [2.75, 3.05) is 0 Å². The van der Waals surface area contributed by atoms with E-state index in [0.29, 0.717) is 5.56 Å². The third-order valence-corrected chi connectivity index (χ3v) is 2.44. The average molecular weight is 220 g/mol. The number of rotatable bonds is 3. The summed E-state index contributed by atoms with van der Waals surface area (Å²) in [6, 6.07) is 6.16. The van der Waals surface area contributed by atoms with E-state index >= 15 is 0 Å². The summed E-state index contributed by atoms with van der Waals surface area (Å²) in [4.78, 5) is 0. The molecule has 0 aliphatic rings. The standard InChI is InChI=1S/C11H13FN4/c1-16-7-8(6-14-16)11(15-13)9-4-2-3-5-10(9)12/h2-7,11,15H,13H2,1H3. The van der Waals surface area contributed by atoms with Crippen LogP contribution in [0.1, 0.15) is 17.2 Å². The molecule has 0 aliphatic carbocycles. The van der Waals surface area contributed by atoms with Crippen LogP contribution in [0.25, 0.3) is 0 Å². The molecule has 1 aromatic carbocycles. The van der Waals surface area contributed by atoms with Crippen LogP contribution in [0.5, 0.6) is 0 Å². The van der Waals surface area contributed by atoms with E-state index < -0.39 is 0 Å². The van der Waals surface area contributed by atoms with Crippen LogP contribution < -0.4 is 11.3 Å². The summed E-state index contributed by atoms with van der Waals surface area (Å²) < 4.78 is 15.2. The molecule has 2 rings (SSSR count). The molecule has 2 aromatic rings. The minimum atomic E-state index is -0.380. The number of hydrazine groups is 1. The lowest BCUT2D eigenvalue weighted by atomic mass is 10.0. The molecule has 0 aliphatic heterocycles. The number of halogens is 1. The first kappa shape index (κ1) is 10.8. The van der Waals surface area contributed by atoms with E-state index in [4.69, 9.17) is 5.84 Å². The Morgan fingerprint density at radius 3 is 2.75 bits per heavy atom. The maximum absolute atomic E-state index is 13.6. The summed E-state index contributed by atoms with van der Waals surface area (Å²) >= 11 is 0. The van der Waals surface area contributed by atoms with Gasteiger partial charge < -0.3 is 0 Å². The van der Waals surface area contributed by atoms with Gasteiger partial charge in [0.05, 0.1) is 12.2 Å². The van der Waals surface area contributed by atoms with Gasteiger partial charge in [-0.1, -0.05) is 18.2 Å². The number of hydrogen-bond donors (Lipinski definition) is 2. The topological polar surface area (TPSA) is 55.9 Å². The molecule has 0 amide bonds. The van der Waals surface area contributed by atoms with Gasteiger partial charge in [0.25, 0.3) is 0 Å². The molecule has 0 saturated carbocycles. The number of nitrogens with one attached hydrogen (secondary N) is 1. The maximum atomic E-state index is 13.6. The van der Waals surface area contributed by atoms with Gasteiger partial charge in [0.2, 0.25) is 0 Å². The van der Waals surface area contributed by atoms with Gasteiger partial charge >= 0.3 is 0 Å². The molecule has 1 aromatic heterocycles. The Hall–Kier alpha value is -1.72. The zero-order valence-electron chi connectivity index (χ0n) is 8.89. The predicted octanol–water partition coefficient (Wildman–Crippen LogP) is 1.11. The molecule has 0 spiro atoms. The van der Waals surface area contributed by atoms with Gasteiger partial charge in [0.15, 0.2) is 0 Å². The Kier molecular flexibility index (Phi) is 2.98. The Labute approximate surface area is 92.9 Å². The average Bonchev–Trinajstić information content (AvgIpc) is 2.69. The number of benzene rings is 1. The maximum Gasteiger partial charge on any atom is 0.128 e. The second-order valence-electron chi connectivity index (χ2n) is 3.57. The van der Waals surface area contributed by atoms with Gasteiger partial charge in [-0.2, -0.15) is 5.10 Å². The molecule has 0 radical (unpaired) electrons. The molecular formula is C11H13FN4. The van der Waals surface area contributed by atoms with E-state index in [1.807, 2.05) is 0 Å². The van der Waals surface area contributed by atoms with Crippen LogP contribution in [0.3, 0.4) is 0 Å². The minimum absolute atomic E-state index is 0.283. The molecule has 3 N–H and O–H groups in total. The van der Waals surface area contributed by atoms with Gasteiger partial charge in [-0.3, -0.25) is 10.5 Å². The fourth-order valence-corrected chi connectivity index (χ4v) is 1.66. The third-order valence-electron chi connectivity index (χ3n) is 2.44. The smallest absolute Gasteiger partial charge is 0.128 e. The van der Waals surface area contributed by atoms with E-state index in [2.05, 4.69) is 10.5 Å². The summed E-state index contributed by atoms with van der Waals surface area (Å²) in [7, 11) is 1.80. The Balaban J connectivity index is 2.40. The van der Waals surface area contributed by atoms with Gasteiger partial charge in [-0.25, -0.2) is 9.82 Å². The molecule has 1 unspecified atom stereocenters. The van der Waals surface area contributed by atoms with Crippen molar-refractivity contribution >= 4 is 0 Å². The first-order valence-corrected chi connectivity index (χ1v) is 4.91. The summed E-state index contributed by atoms with van der Waals surface area (Å²) in [5.74, 6) is 5.18. The van der Waals surface area contributed by atoms with E-state index in [0.717, 1.165) is 5.56 Å². The number of aryl methyl sites for hydroxylation is 1. The minimum Gasteiger partial charge on any atom is -0.275 e. The van der Waals surface area contributed by atoms with E-state index in [1.165, 1.54) is 6.07 Å². The highest BCUT2D eigenvalue weighted by Gasteiger charge is 2.17. The van der Waals surface area contributed by atoms with Crippen LogP contribution in [0.4, 0.5) is 4.39 Å². The highest BCUT2D eigenvalue weighted by molar-refractivity contribution is 5.29. The predicted molar refractivity (Wildman–Crippen MR) is 58.8 cm³/mol. The van der Waals surface area contributed by atoms with Crippen molar-refractivity contribution in [3.63, 3.8) is 0 Å². The lowest BCUT2D eigenvalue weighted by Gasteiger charge is -2.15. The number of aromatic nitrogens is 2. The highest BCUT2D eigenvalue weighted by atomic mass is 19.1. The molecule has 5 heteroatoms. The molecular weight excluding hydrogens is 207 g/mol. The van der Waals surface area contributed by atoms with Crippen molar-refractivity contribution < 1.29 is 4.39 Å². The zero-order chi connectivity index (χ0) is 11.5. The highest BCUT2D eigenvalue weighted by Crippen LogP contribution is 2.22. The van der Waals surface area contributed by atoms with Gasteiger partial charge in [0, 0.05) is 24.4 Å². The summed E-state index contributed by atoms with van der Waals surface area (Å²) in [6.07, 6.45) is 3.47. The summed E-state index contributed by atoms with van der Waals surface area (Å²) in [6.45, 7) is 0. The fourth-order valence-electron chi connectivity index (χ4n) is 1.66. The van der Waals surface area contributed by atoms with Crippen molar-refractivity contribution in [2.45, 2.75) is 6.04 Å². The second-order valence-corrected chi connectivity index (χ2v) is 3.57. The van der Waals surface area contributed by atoms with Crippen molar-refractivity contribution in [3.05, 3.63) is 53.6 Å². The van der Waals surface area contributed by atoms with Crippen molar-refractivity contribution in [2.24, 2.45) is 12.9 Å².